The Labute approximate surface area is 85.3 Å². The van der Waals surface area contributed by atoms with Crippen molar-refractivity contribution in [2.45, 2.75) is 20.8 Å². The summed E-state index contributed by atoms with van der Waals surface area (Å²) in [6.07, 6.45) is 9.72. The summed E-state index contributed by atoms with van der Waals surface area (Å²) >= 11 is 0. The molecule has 2 nitrogen and oxygen atoms in total. The molecule has 0 bridgehead atoms. The van der Waals surface area contributed by atoms with E-state index < -0.39 is 0 Å². The van der Waals surface area contributed by atoms with E-state index in [-0.39, 0.29) is 0 Å². The highest BCUT2D eigenvalue weighted by Crippen LogP contribution is 2.10. The van der Waals surface area contributed by atoms with Crippen LogP contribution in [0.3, 0.4) is 0 Å². The third-order valence-electron chi connectivity index (χ3n) is 2.03. The van der Waals surface area contributed by atoms with E-state index in [1.807, 2.05) is 43.0 Å². The highest BCUT2D eigenvalue weighted by Gasteiger charge is 2.01. The van der Waals surface area contributed by atoms with Crippen LogP contribution in [0.4, 0.5) is 0 Å². The van der Waals surface area contributed by atoms with Gasteiger partial charge in [-0.25, -0.2) is 4.68 Å². The van der Waals surface area contributed by atoms with E-state index in [9.17, 15) is 0 Å². The maximum absolute atomic E-state index is 4.40. The van der Waals surface area contributed by atoms with Crippen molar-refractivity contribution >= 4 is 5.70 Å². The topological polar surface area (TPSA) is 17.8 Å². The second-order valence-electron chi connectivity index (χ2n) is 3.17. The summed E-state index contributed by atoms with van der Waals surface area (Å²) < 4.78 is 1.87. The maximum atomic E-state index is 4.40. The zero-order valence-corrected chi connectivity index (χ0v) is 8.99. The van der Waals surface area contributed by atoms with Gasteiger partial charge in [0.05, 0.1) is 11.4 Å². The lowest BCUT2D eigenvalue weighted by Gasteiger charge is -1.99. The minimum atomic E-state index is 1.03. The maximum Gasteiger partial charge on any atom is 0.0642 e. The van der Waals surface area contributed by atoms with Gasteiger partial charge in [0.2, 0.25) is 0 Å². The first-order valence-electron chi connectivity index (χ1n) is 4.67. The van der Waals surface area contributed by atoms with Crippen molar-refractivity contribution in [1.29, 1.82) is 0 Å². The number of aromatic nitrogens is 2. The fourth-order valence-corrected chi connectivity index (χ4v) is 1.18. The van der Waals surface area contributed by atoms with Crippen LogP contribution < -0.4 is 0 Å². The summed E-state index contributed by atoms with van der Waals surface area (Å²) in [6, 6.07) is 0. The van der Waals surface area contributed by atoms with E-state index in [1.165, 1.54) is 5.56 Å². The minimum absolute atomic E-state index is 1.03. The smallest absolute Gasteiger partial charge is 0.0642 e. The van der Waals surface area contributed by atoms with Crippen molar-refractivity contribution in [2.75, 3.05) is 0 Å². The van der Waals surface area contributed by atoms with Gasteiger partial charge in [0.25, 0.3) is 0 Å². The molecule has 0 atom stereocenters. The first kappa shape index (κ1) is 10.5. The second-order valence-corrected chi connectivity index (χ2v) is 3.17. The number of nitrogens with zero attached hydrogens (tertiary/aromatic N) is 2. The van der Waals surface area contributed by atoms with Gasteiger partial charge < -0.3 is 0 Å². The lowest BCUT2D eigenvalue weighted by atomic mass is 10.3. The Morgan fingerprint density at radius 3 is 2.64 bits per heavy atom. The molecule has 0 saturated carbocycles. The summed E-state index contributed by atoms with van der Waals surface area (Å²) in [5.41, 5.74) is 3.28. The number of hydrogen-bond donors (Lipinski definition) is 0. The van der Waals surface area contributed by atoms with Gasteiger partial charge in [0.1, 0.15) is 0 Å². The third kappa shape index (κ3) is 2.22. The molecule has 0 amide bonds. The number of hydrogen-bond acceptors (Lipinski definition) is 1. The van der Waals surface area contributed by atoms with E-state index in [1.54, 1.807) is 6.08 Å². The molecule has 1 rings (SSSR count). The zero-order chi connectivity index (χ0) is 10.6. The lowest BCUT2D eigenvalue weighted by molar-refractivity contribution is 0.889. The molecule has 0 spiro atoms. The normalized spacial score (nSPS) is 12.4. The highest BCUT2D eigenvalue weighted by atomic mass is 15.3. The Kier molecular flexibility index (Phi) is 3.46. The van der Waals surface area contributed by atoms with Crippen LogP contribution >= 0.6 is 0 Å². The summed E-state index contributed by atoms with van der Waals surface area (Å²) in [4.78, 5) is 0. The molecule has 0 fully saturated rings. The Morgan fingerprint density at radius 2 is 2.21 bits per heavy atom. The fraction of sp³-hybridized carbons (Fsp3) is 0.250. The van der Waals surface area contributed by atoms with Crippen molar-refractivity contribution < 1.29 is 0 Å². The molecule has 0 aliphatic heterocycles. The molecule has 74 valence electrons. The molecule has 1 aromatic heterocycles. The number of aryl methyl sites for hydroxylation is 2. The first-order valence-corrected chi connectivity index (χ1v) is 4.67. The second kappa shape index (κ2) is 4.61. The van der Waals surface area contributed by atoms with Crippen LogP contribution in [-0.4, -0.2) is 9.78 Å². The van der Waals surface area contributed by atoms with E-state index in [4.69, 9.17) is 0 Å². The third-order valence-corrected chi connectivity index (χ3v) is 2.03. The monoisotopic (exact) mass is 188 g/mol. The zero-order valence-electron chi connectivity index (χ0n) is 8.99. The predicted octanol–water partition coefficient (Wildman–Crippen LogP) is 3.10. The lowest BCUT2D eigenvalue weighted by Crippen LogP contribution is -1.95. The summed E-state index contributed by atoms with van der Waals surface area (Å²) in [5, 5.41) is 4.40. The standard InChI is InChI=1S/C12H16N2/c1-5-7-12(8-6-2)14-9-10(3)11(4)13-14/h5-9H,1H2,2-4H3/b8-6-,12-7+. The Hall–Kier alpha value is -1.57. The SMILES string of the molecule is C=C/C=C(\C=C/C)n1cc(C)c(C)n1. The molecule has 2 heteroatoms. The molecule has 0 aromatic carbocycles. The largest absolute Gasteiger partial charge is 0.240 e. The van der Waals surface area contributed by atoms with Crippen LogP contribution in [0, 0.1) is 13.8 Å². The van der Waals surface area contributed by atoms with Gasteiger partial charge in [-0.3, -0.25) is 0 Å². The van der Waals surface area contributed by atoms with Crippen LogP contribution in [0.2, 0.25) is 0 Å². The molecule has 0 saturated heterocycles. The van der Waals surface area contributed by atoms with E-state index in [2.05, 4.69) is 18.6 Å². The molecule has 0 radical (unpaired) electrons. The van der Waals surface area contributed by atoms with Gasteiger partial charge >= 0.3 is 0 Å². The Morgan fingerprint density at radius 1 is 1.50 bits per heavy atom. The molecule has 1 heterocycles. The van der Waals surface area contributed by atoms with Crippen molar-refractivity contribution in [3.63, 3.8) is 0 Å². The number of rotatable bonds is 3. The average Bonchev–Trinajstić information content (AvgIpc) is 2.47. The molecular formula is C12H16N2. The van der Waals surface area contributed by atoms with Crippen LogP contribution in [0.25, 0.3) is 5.70 Å². The summed E-state index contributed by atoms with van der Waals surface area (Å²) in [5.74, 6) is 0. The van der Waals surface area contributed by atoms with Crippen LogP contribution in [0.1, 0.15) is 18.2 Å². The Balaban J connectivity index is 3.11. The Bertz CT molecular complexity index is 362. The van der Waals surface area contributed by atoms with Crippen LogP contribution in [-0.2, 0) is 0 Å². The van der Waals surface area contributed by atoms with Crippen molar-refractivity contribution in [3.05, 3.63) is 48.3 Å². The van der Waals surface area contributed by atoms with E-state index in [0.717, 1.165) is 11.4 Å². The van der Waals surface area contributed by atoms with Gasteiger partial charge in [-0.05, 0) is 38.5 Å². The van der Waals surface area contributed by atoms with Crippen LogP contribution in [0.5, 0.6) is 0 Å². The summed E-state index contributed by atoms with van der Waals surface area (Å²) in [6.45, 7) is 9.73. The van der Waals surface area contributed by atoms with E-state index in [0.29, 0.717) is 0 Å². The fourth-order valence-electron chi connectivity index (χ4n) is 1.18. The molecule has 0 aliphatic rings. The minimum Gasteiger partial charge on any atom is -0.240 e. The van der Waals surface area contributed by atoms with Gasteiger partial charge in [-0.2, -0.15) is 5.10 Å². The molecule has 14 heavy (non-hydrogen) atoms. The predicted molar refractivity (Wildman–Crippen MR) is 61.0 cm³/mol. The first-order chi connectivity index (χ1) is 6.69. The van der Waals surface area contributed by atoms with E-state index >= 15 is 0 Å². The van der Waals surface area contributed by atoms with Gasteiger partial charge in [-0.1, -0.05) is 18.7 Å². The van der Waals surface area contributed by atoms with Crippen molar-refractivity contribution in [1.82, 2.24) is 9.78 Å². The van der Waals surface area contributed by atoms with Crippen LogP contribution in [0.15, 0.2) is 37.1 Å². The molecule has 1 aromatic rings. The summed E-state index contributed by atoms with van der Waals surface area (Å²) in [7, 11) is 0. The van der Waals surface area contributed by atoms with Crippen molar-refractivity contribution in [2.24, 2.45) is 0 Å². The molecule has 0 N–H and O–H groups in total. The molecule has 0 unspecified atom stereocenters. The van der Waals surface area contributed by atoms with Crippen molar-refractivity contribution in [3.8, 4) is 0 Å². The molecule has 0 aliphatic carbocycles. The highest BCUT2D eigenvalue weighted by molar-refractivity contribution is 5.58. The quantitative estimate of drug-likeness (QED) is 0.666. The van der Waals surface area contributed by atoms with Gasteiger partial charge in [0.15, 0.2) is 0 Å². The van der Waals surface area contributed by atoms with Gasteiger partial charge in [0, 0.05) is 6.20 Å². The average molecular weight is 188 g/mol. The van der Waals surface area contributed by atoms with Gasteiger partial charge in [-0.15, -0.1) is 0 Å². The molecular weight excluding hydrogens is 172 g/mol. The number of allylic oxidation sites excluding steroid dienone is 5.